The van der Waals surface area contributed by atoms with Gasteiger partial charge in [0.15, 0.2) is 5.58 Å². The topological polar surface area (TPSA) is 42.4 Å². The van der Waals surface area contributed by atoms with Crippen molar-refractivity contribution < 1.29 is 47.2 Å². The third kappa shape index (κ3) is 4.57. The molecular formula is C45H28N2O2. The summed E-state index contributed by atoms with van der Waals surface area (Å²) in [6.45, 7) is 0. The standard InChI is InChI=1S/C45H28N2O2/c1-3-9-32(10-4-1)45-46-40-26-21-31-16-15-30-19-24-36(28-39(30)43(31)44(40)49-45)47(34-11-5-2-6-12-34)35-22-17-29(18-23-35)33-20-25-38-37-13-7-8-14-41(37)48-42(38)27-33/h1-28H/i1D,2D,3D,4D,5D,6D,7D,8D,9D,10D,11D,12D,13D,14D,15D,16D,17D,18D,19D,20D,21D,22D,23D,24D,25D,26D,27D,28D. The zero-order valence-corrected chi connectivity index (χ0v) is 24.2. The summed E-state index contributed by atoms with van der Waals surface area (Å²) in [5.74, 6) is -0.721. The second kappa shape index (κ2) is 11.0. The van der Waals surface area contributed by atoms with Crippen LogP contribution in [-0.2, 0) is 0 Å². The SMILES string of the molecule is [2H]c1c([2H])c([2H])c(-c2nc3c([2H])c([2H])c4c([2H])c([2H])c5c([2H])c([2H])c(N(c6c([2H])c([2H])c([2H])c([2H])c6[2H])c6c([2H])c([2H])c(-c7c([2H])c([2H])c8c(oc9c([2H])c([2H])c([2H])c([2H])c98)c7[2H])c([2H])c6[2H])c([2H])c5c4c3o2)c([2H])c1[2H]. The third-order valence-corrected chi connectivity index (χ3v) is 7.39. The number of oxazole rings is 1. The minimum absolute atomic E-state index is 0.364. The van der Waals surface area contributed by atoms with Gasteiger partial charge in [0, 0.05) is 38.8 Å². The molecule has 0 radical (unpaired) electrons. The molecule has 0 spiro atoms. The fraction of sp³-hybridized carbons (Fsp3) is 0. The second-order valence-corrected chi connectivity index (χ2v) is 10.2. The van der Waals surface area contributed by atoms with Crippen molar-refractivity contribution >= 4 is 71.6 Å². The van der Waals surface area contributed by atoms with Gasteiger partial charge in [0.1, 0.15) is 16.7 Å². The van der Waals surface area contributed by atoms with Gasteiger partial charge in [0.25, 0.3) is 0 Å². The van der Waals surface area contributed by atoms with E-state index in [2.05, 4.69) is 4.98 Å². The van der Waals surface area contributed by atoms with Crippen molar-refractivity contribution in [3.8, 4) is 22.6 Å². The van der Waals surface area contributed by atoms with Crippen molar-refractivity contribution in [1.82, 2.24) is 4.98 Å². The van der Waals surface area contributed by atoms with Crippen LogP contribution in [0.3, 0.4) is 0 Å². The molecule has 8 aromatic carbocycles. The predicted octanol–water partition coefficient (Wildman–Crippen LogP) is 12.8. The number of fused-ring (bicyclic) bond motifs is 8. The number of hydrogen-bond donors (Lipinski definition) is 0. The average Bonchev–Trinajstić information content (AvgIpc) is 4.15. The molecule has 0 bridgehead atoms. The summed E-state index contributed by atoms with van der Waals surface area (Å²) in [5.41, 5.74) is -7.74. The van der Waals surface area contributed by atoms with Crippen molar-refractivity contribution in [1.29, 1.82) is 0 Å². The molecule has 2 aromatic heterocycles. The molecule has 0 N–H and O–H groups in total. The van der Waals surface area contributed by atoms with Gasteiger partial charge < -0.3 is 13.7 Å². The summed E-state index contributed by atoms with van der Waals surface area (Å²) in [7, 11) is 0. The zero-order valence-electron chi connectivity index (χ0n) is 52.2. The Morgan fingerprint density at radius 1 is 0.449 bits per heavy atom. The van der Waals surface area contributed by atoms with E-state index in [1.54, 1.807) is 0 Å². The first kappa shape index (κ1) is 11.5. The molecule has 0 aliphatic heterocycles. The highest BCUT2D eigenvalue weighted by molar-refractivity contribution is 6.18. The van der Waals surface area contributed by atoms with Gasteiger partial charge in [0.2, 0.25) is 5.89 Å². The summed E-state index contributed by atoms with van der Waals surface area (Å²) in [5, 5.41) is -3.34. The minimum atomic E-state index is -1.21. The van der Waals surface area contributed by atoms with Gasteiger partial charge in [-0.2, -0.15) is 0 Å². The Labute approximate surface area is 321 Å². The van der Waals surface area contributed by atoms with Gasteiger partial charge in [-0.3, -0.25) is 0 Å². The van der Waals surface area contributed by atoms with Crippen LogP contribution in [-0.4, -0.2) is 4.98 Å². The molecule has 0 atom stereocenters. The molecule has 49 heavy (non-hydrogen) atoms. The van der Waals surface area contributed by atoms with E-state index in [-0.39, 0.29) is 5.39 Å². The maximum absolute atomic E-state index is 9.96. The van der Waals surface area contributed by atoms with E-state index in [1.165, 1.54) is 0 Å². The van der Waals surface area contributed by atoms with Crippen LogP contribution in [0.25, 0.3) is 77.2 Å². The molecule has 0 aliphatic carbocycles. The molecule has 0 saturated carbocycles. The maximum Gasteiger partial charge on any atom is 0.227 e. The predicted molar refractivity (Wildman–Crippen MR) is 202 cm³/mol. The lowest BCUT2D eigenvalue weighted by molar-refractivity contribution is 0.623. The number of aromatic nitrogens is 1. The lowest BCUT2D eigenvalue weighted by atomic mass is 9.99. The first-order valence-electron chi connectivity index (χ1n) is 28.2. The Bertz CT molecular complexity index is 4370. The van der Waals surface area contributed by atoms with E-state index < -0.39 is 258 Å². The van der Waals surface area contributed by atoms with Crippen LogP contribution < -0.4 is 4.90 Å². The average molecular weight is 657 g/mol. The van der Waals surface area contributed by atoms with Crippen molar-refractivity contribution in [2.45, 2.75) is 0 Å². The molecule has 10 aromatic rings. The molecule has 0 saturated heterocycles. The van der Waals surface area contributed by atoms with Gasteiger partial charge in [-0.1, -0.05) is 96.7 Å². The molecule has 0 amide bonds. The van der Waals surface area contributed by atoms with E-state index >= 15 is 0 Å². The largest absolute Gasteiger partial charge is 0.456 e. The highest BCUT2D eigenvalue weighted by Crippen LogP contribution is 2.41. The van der Waals surface area contributed by atoms with Gasteiger partial charge in [-0.25, -0.2) is 4.98 Å². The Hall–Kier alpha value is -6.65. The van der Waals surface area contributed by atoms with Crippen molar-refractivity contribution in [2.24, 2.45) is 0 Å². The van der Waals surface area contributed by atoms with Crippen molar-refractivity contribution in [3.05, 3.63) is 169 Å². The van der Waals surface area contributed by atoms with Gasteiger partial charge in [-0.05, 0) is 99.8 Å². The van der Waals surface area contributed by atoms with E-state index in [1.807, 2.05) is 0 Å². The number of anilines is 3. The summed E-state index contributed by atoms with van der Waals surface area (Å²) in [6, 6.07) is -26.3. The monoisotopic (exact) mass is 656 g/mol. The Balaban J connectivity index is 1.36. The normalized spacial score (nSPS) is 19.7. The number of nitrogens with zero attached hydrogens (tertiary/aromatic N) is 2. The Kier molecular flexibility index (Phi) is 2.57. The minimum Gasteiger partial charge on any atom is -0.456 e. The van der Waals surface area contributed by atoms with Crippen LogP contribution in [0.2, 0.25) is 0 Å². The van der Waals surface area contributed by atoms with Gasteiger partial charge in [-0.15, -0.1) is 0 Å². The van der Waals surface area contributed by atoms with E-state index in [0.29, 0.717) is 4.90 Å². The van der Waals surface area contributed by atoms with Crippen LogP contribution in [0.5, 0.6) is 0 Å². The summed E-state index contributed by atoms with van der Waals surface area (Å²) >= 11 is 0. The first-order valence-corrected chi connectivity index (χ1v) is 14.2. The zero-order chi connectivity index (χ0) is 56.7. The van der Waals surface area contributed by atoms with Crippen molar-refractivity contribution in [2.75, 3.05) is 4.90 Å². The van der Waals surface area contributed by atoms with Crippen LogP contribution in [0.15, 0.2) is 178 Å². The molecule has 2 heterocycles. The van der Waals surface area contributed by atoms with Gasteiger partial charge >= 0.3 is 0 Å². The van der Waals surface area contributed by atoms with E-state index in [9.17, 15) is 11.0 Å². The Morgan fingerprint density at radius 2 is 1.10 bits per heavy atom. The maximum atomic E-state index is 9.96. The lowest BCUT2D eigenvalue weighted by Gasteiger charge is -2.26. The fourth-order valence-electron chi connectivity index (χ4n) is 5.24. The summed E-state index contributed by atoms with van der Waals surface area (Å²) < 4.78 is 260. The number of furan rings is 1. The molecule has 0 fully saturated rings. The molecule has 230 valence electrons. The van der Waals surface area contributed by atoms with Gasteiger partial charge in [0.05, 0.1) is 38.4 Å². The highest BCUT2D eigenvalue weighted by atomic mass is 16.3. The number of hydrogen-bond acceptors (Lipinski definition) is 4. The third-order valence-electron chi connectivity index (χ3n) is 7.39. The molecule has 0 unspecified atom stereocenters. The lowest BCUT2D eigenvalue weighted by Crippen LogP contribution is -2.09. The highest BCUT2D eigenvalue weighted by Gasteiger charge is 2.17. The van der Waals surface area contributed by atoms with E-state index in [4.69, 9.17) is 36.2 Å². The second-order valence-electron chi connectivity index (χ2n) is 10.2. The van der Waals surface area contributed by atoms with Crippen molar-refractivity contribution in [3.63, 3.8) is 0 Å². The Morgan fingerprint density at radius 3 is 1.96 bits per heavy atom. The molecule has 10 rings (SSSR count). The molecule has 4 heteroatoms. The van der Waals surface area contributed by atoms with Crippen LogP contribution in [0.1, 0.15) is 38.4 Å². The number of para-hydroxylation sites is 2. The summed E-state index contributed by atoms with van der Waals surface area (Å²) in [6.07, 6.45) is 0. The quantitative estimate of drug-likeness (QED) is 0.173. The smallest absolute Gasteiger partial charge is 0.227 e. The molecule has 0 aliphatic rings. The summed E-state index contributed by atoms with van der Waals surface area (Å²) in [4.78, 5) is 4.61. The number of benzene rings is 8. The van der Waals surface area contributed by atoms with E-state index in [0.717, 1.165) is 0 Å². The molecular weight excluding hydrogens is 601 g/mol. The molecule has 4 nitrogen and oxygen atoms in total. The van der Waals surface area contributed by atoms with Crippen LogP contribution >= 0.6 is 0 Å². The van der Waals surface area contributed by atoms with Crippen LogP contribution in [0, 0.1) is 0 Å². The number of rotatable bonds is 5. The first-order chi connectivity index (χ1) is 35.9. The fourth-order valence-corrected chi connectivity index (χ4v) is 5.24. The van der Waals surface area contributed by atoms with Crippen LogP contribution in [0.4, 0.5) is 17.1 Å².